The molecule has 7 nitrogen and oxygen atoms in total. The summed E-state index contributed by atoms with van der Waals surface area (Å²) in [5, 5.41) is 10.6. The van der Waals surface area contributed by atoms with Crippen LogP contribution in [-0.2, 0) is 6.54 Å². The summed E-state index contributed by atoms with van der Waals surface area (Å²) >= 11 is 1.28. The molecule has 2 aromatic rings. The summed E-state index contributed by atoms with van der Waals surface area (Å²) < 4.78 is 11.0. The maximum absolute atomic E-state index is 12.0. The van der Waals surface area contributed by atoms with Gasteiger partial charge in [-0.15, -0.1) is 10.2 Å². The number of carbonyl (C=O) groups is 1. The molecule has 3 rings (SSSR count). The largest absolute Gasteiger partial charge is 0.486 e. The molecule has 1 N–H and O–H groups in total. The molecule has 0 atom stereocenters. The van der Waals surface area contributed by atoms with Gasteiger partial charge in [0.2, 0.25) is 5.13 Å². The van der Waals surface area contributed by atoms with Crippen LogP contribution in [0.1, 0.15) is 5.56 Å². The van der Waals surface area contributed by atoms with E-state index in [0.29, 0.717) is 24.9 Å². The second-order valence-corrected chi connectivity index (χ2v) is 5.34. The van der Waals surface area contributed by atoms with E-state index in [1.54, 1.807) is 17.5 Å². The third-order valence-electron chi connectivity index (χ3n) is 2.95. The van der Waals surface area contributed by atoms with Crippen molar-refractivity contribution in [2.75, 3.05) is 25.6 Å². The average Bonchev–Trinajstić information content (AvgIpc) is 3.00. The molecule has 21 heavy (non-hydrogen) atoms. The molecule has 1 aliphatic rings. The summed E-state index contributed by atoms with van der Waals surface area (Å²) in [6.45, 7) is 1.57. The molecule has 1 aromatic heterocycles. The second-order valence-electron chi connectivity index (χ2n) is 4.51. The number of nitrogens with zero attached hydrogens (tertiary/aromatic N) is 3. The van der Waals surface area contributed by atoms with Crippen LogP contribution in [0.2, 0.25) is 0 Å². The zero-order valence-corrected chi connectivity index (χ0v) is 12.2. The van der Waals surface area contributed by atoms with E-state index in [0.717, 1.165) is 17.1 Å². The van der Waals surface area contributed by atoms with Crippen molar-refractivity contribution in [3.8, 4) is 11.5 Å². The third-order valence-corrected chi connectivity index (χ3v) is 3.55. The highest BCUT2D eigenvalue weighted by atomic mass is 32.1. The van der Waals surface area contributed by atoms with E-state index in [1.807, 2.05) is 18.2 Å². The molecule has 0 fully saturated rings. The number of urea groups is 1. The molecule has 1 aliphatic heterocycles. The van der Waals surface area contributed by atoms with Crippen LogP contribution in [0.25, 0.3) is 0 Å². The Labute approximate surface area is 125 Å². The number of amides is 2. The van der Waals surface area contributed by atoms with Gasteiger partial charge in [-0.1, -0.05) is 17.4 Å². The monoisotopic (exact) mass is 306 g/mol. The number of anilines is 1. The summed E-state index contributed by atoms with van der Waals surface area (Å²) in [6.07, 6.45) is 0. The Kier molecular flexibility index (Phi) is 3.87. The van der Waals surface area contributed by atoms with E-state index >= 15 is 0 Å². The Morgan fingerprint density at radius 2 is 2.19 bits per heavy atom. The molecule has 1 aromatic carbocycles. The lowest BCUT2D eigenvalue weighted by atomic mass is 10.2. The molecule has 0 bridgehead atoms. The molecule has 2 heterocycles. The summed E-state index contributed by atoms with van der Waals surface area (Å²) in [5.41, 5.74) is 2.53. The van der Waals surface area contributed by atoms with Crippen molar-refractivity contribution in [3.63, 3.8) is 0 Å². The highest BCUT2D eigenvalue weighted by Gasteiger charge is 2.15. The van der Waals surface area contributed by atoms with Crippen molar-refractivity contribution in [1.29, 1.82) is 0 Å². The molecule has 2 amide bonds. The van der Waals surface area contributed by atoms with Crippen molar-refractivity contribution in [2.45, 2.75) is 6.54 Å². The van der Waals surface area contributed by atoms with E-state index in [9.17, 15) is 4.79 Å². The zero-order chi connectivity index (χ0) is 14.7. The normalized spacial score (nSPS) is 12.8. The third kappa shape index (κ3) is 3.22. The van der Waals surface area contributed by atoms with Gasteiger partial charge in [-0.05, 0) is 17.7 Å². The van der Waals surface area contributed by atoms with Gasteiger partial charge in [0.15, 0.2) is 11.5 Å². The van der Waals surface area contributed by atoms with E-state index in [2.05, 4.69) is 15.5 Å². The molecule has 0 aliphatic carbocycles. The van der Waals surface area contributed by atoms with E-state index < -0.39 is 0 Å². The van der Waals surface area contributed by atoms with Crippen molar-refractivity contribution >= 4 is 22.5 Å². The van der Waals surface area contributed by atoms with Gasteiger partial charge in [-0.3, -0.25) is 5.32 Å². The van der Waals surface area contributed by atoms with Gasteiger partial charge < -0.3 is 14.4 Å². The summed E-state index contributed by atoms with van der Waals surface area (Å²) in [4.78, 5) is 13.6. The highest BCUT2D eigenvalue weighted by Crippen LogP contribution is 2.31. The van der Waals surface area contributed by atoms with Gasteiger partial charge >= 0.3 is 6.03 Å². The molecule has 0 saturated carbocycles. The number of aromatic nitrogens is 2. The van der Waals surface area contributed by atoms with Gasteiger partial charge in [0.05, 0.1) is 0 Å². The first-order valence-electron chi connectivity index (χ1n) is 6.39. The smallest absolute Gasteiger partial charge is 0.323 e. The fraction of sp³-hybridized carbons (Fsp3) is 0.308. The molecule has 0 unspecified atom stereocenters. The van der Waals surface area contributed by atoms with Crippen LogP contribution >= 0.6 is 11.3 Å². The van der Waals surface area contributed by atoms with E-state index in [4.69, 9.17) is 9.47 Å². The van der Waals surface area contributed by atoms with Crippen LogP contribution in [0.3, 0.4) is 0 Å². The summed E-state index contributed by atoms with van der Waals surface area (Å²) in [5.74, 6) is 1.46. The van der Waals surface area contributed by atoms with Crippen LogP contribution in [0.4, 0.5) is 9.93 Å². The Morgan fingerprint density at radius 3 is 2.95 bits per heavy atom. The summed E-state index contributed by atoms with van der Waals surface area (Å²) in [7, 11) is 1.72. The topological polar surface area (TPSA) is 76.6 Å². The fourth-order valence-electron chi connectivity index (χ4n) is 1.95. The van der Waals surface area contributed by atoms with Crippen LogP contribution in [-0.4, -0.2) is 41.4 Å². The number of nitrogens with one attached hydrogen (secondary N) is 1. The molecular formula is C13H14N4O3S. The van der Waals surface area contributed by atoms with Gasteiger partial charge in [-0.2, -0.15) is 0 Å². The maximum Gasteiger partial charge on any atom is 0.323 e. The minimum Gasteiger partial charge on any atom is -0.486 e. The molecule has 8 heteroatoms. The summed E-state index contributed by atoms with van der Waals surface area (Å²) in [6, 6.07) is 5.44. The lowest BCUT2D eigenvalue weighted by Crippen LogP contribution is -2.30. The van der Waals surface area contributed by atoms with Crippen molar-refractivity contribution in [3.05, 3.63) is 29.3 Å². The molecule has 110 valence electrons. The molecular weight excluding hydrogens is 292 g/mol. The van der Waals surface area contributed by atoms with E-state index in [1.165, 1.54) is 11.3 Å². The number of hydrogen-bond acceptors (Lipinski definition) is 6. The number of fused-ring (bicyclic) bond motifs is 1. The number of carbonyl (C=O) groups excluding carboxylic acids is 1. The predicted octanol–water partition coefficient (Wildman–Crippen LogP) is 1.97. The number of ether oxygens (including phenoxy) is 2. The minimum atomic E-state index is -0.235. The van der Waals surface area contributed by atoms with Gasteiger partial charge in [0.25, 0.3) is 0 Å². The van der Waals surface area contributed by atoms with Gasteiger partial charge in [0, 0.05) is 13.6 Å². The first-order chi connectivity index (χ1) is 10.2. The number of benzene rings is 1. The standard InChI is InChI=1S/C13H14N4O3S/c1-17(13(18)15-12-16-14-8-21-12)7-9-2-3-10-11(6-9)20-5-4-19-10/h2-3,6,8H,4-5,7H2,1H3,(H,15,16,18). The minimum absolute atomic E-state index is 0.235. The van der Waals surface area contributed by atoms with Crippen molar-refractivity contribution < 1.29 is 14.3 Å². The predicted molar refractivity (Wildman–Crippen MR) is 77.8 cm³/mol. The Balaban J connectivity index is 1.64. The SMILES string of the molecule is CN(Cc1ccc2c(c1)OCCO2)C(=O)Nc1nncs1. The molecule has 0 radical (unpaired) electrons. The van der Waals surface area contributed by atoms with Gasteiger partial charge in [-0.25, -0.2) is 4.79 Å². The van der Waals surface area contributed by atoms with Crippen LogP contribution in [0, 0.1) is 0 Å². The number of hydrogen-bond donors (Lipinski definition) is 1. The van der Waals surface area contributed by atoms with Gasteiger partial charge in [0.1, 0.15) is 18.7 Å². The average molecular weight is 306 g/mol. The zero-order valence-electron chi connectivity index (χ0n) is 11.4. The Bertz CT molecular complexity index is 632. The van der Waals surface area contributed by atoms with Crippen molar-refractivity contribution in [2.24, 2.45) is 0 Å². The number of rotatable bonds is 3. The Morgan fingerprint density at radius 1 is 1.38 bits per heavy atom. The lowest BCUT2D eigenvalue weighted by Gasteiger charge is -2.21. The quantitative estimate of drug-likeness (QED) is 0.938. The molecule has 0 saturated heterocycles. The maximum atomic E-state index is 12.0. The van der Waals surface area contributed by atoms with Crippen LogP contribution in [0.15, 0.2) is 23.7 Å². The lowest BCUT2D eigenvalue weighted by molar-refractivity contribution is 0.171. The fourth-order valence-corrected chi connectivity index (χ4v) is 2.38. The first-order valence-corrected chi connectivity index (χ1v) is 7.27. The van der Waals surface area contributed by atoms with E-state index in [-0.39, 0.29) is 6.03 Å². The van der Waals surface area contributed by atoms with Crippen molar-refractivity contribution in [1.82, 2.24) is 15.1 Å². The molecule has 0 spiro atoms. The highest BCUT2D eigenvalue weighted by molar-refractivity contribution is 7.13. The Hall–Kier alpha value is -2.35. The van der Waals surface area contributed by atoms with Crippen LogP contribution in [0.5, 0.6) is 11.5 Å². The first kappa shape index (κ1) is 13.6. The van der Waals surface area contributed by atoms with Crippen LogP contribution < -0.4 is 14.8 Å². The second kappa shape index (κ2) is 5.96.